The predicted octanol–water partition coefficient (Wildman–Crippen LogP) is 1.15. The van der Waals surface area contributed by atoms with Crippen LogP contribution in [0, 0.1) is 0 Å². The van der Waals surface area contributed by atoms with Gasteiger partial charge in [0.05, 0.1) is 22.3 Å². The Bertz CT molecular complexity index is 1230. The normalized spacial score (nSPS) is 14.3. The third kappa shape index (κ3) is 3.72. The van der Waals surface area contributed by atoms with E-state index in [4.69, 9.17) is 9.47 Å². The summed E-state index contributed by atoms with van der Waals surface area (Å²) >= 11 is 0. The van der Waals surface area contributed by atoms with Gasteiger partial charge in [0, 0.05) is 25.0 Å². The lowest BCUT2D eigenvalue weighted by atomic mass is 9.96. The fourth-order valence-corrected chi connectivity index (χ4v) is 3.58. The van der Waals surface area contributed by atoms with Gasteiger partial charge in [-0.1, -0.05) is 12.1 Å². The molecule has 0 unspecified atom stereocenters. The SMILES string of the molecule is CC(=O)OCN1C(=O)c2ccc(C(=O)c3ccc4c(c3)C(=O)N(COC(C)=O)C4=O)cc2C1=O. The molecule has 2 aromatic carbocycles. The molecule has 11 nitrogen and oxygen atoms in total. The lowest BCUT2D eigenvalue weighted by Gasteiger charge is -2.12. The number of benzene rings is 2. The standard InChI is InChI=1S/C23H16N2O9/c1-11(26)33-9-24-20(29)15-5-3-13(7-17(15)22(24)31)19(28)14-4-6-16-18(8-14)23(32)25(21(16)30)10-34-12(2)27/h3-8H,9-10H2,1-2H3. The van der Waals surface area contributed by atoms with Crippen LogP contribution >= 0.6 is 0 Å². The molecule has 0 fully saturated rings. The lowest BCUT2D eigenvalue weighted by Crippen LogP contribution is -2.32. The monoisotopic (exact) mass is 464 g/mol. The minimum atomic E-state index is -0.716. The highest BCUT2D eigenvalue weighted by molar-refractivity contribution is 6.24. The minimum Gasteiger partial charge on any atom is -0.444 e. The number of imide groups is 2. The molecule has 0 radical (unpaired) electrons. The molecule has 0 saturated carbocycles. The Balaban J connectivity index is 1.60. The van der Waals surface area contributed by atoms with Crippen LogP contribution in [0.2, 0.25) is 0 Å². The third-order valence-electron chi connectivity index (χ3n) is 5.26. The molecule has 0 saturated heterocycles. The van der Waals surface area contributed by atoms with Gasteiger partial charge in [-0.05, 0) is 24.3 Å². The molecular weight excluding hydrogens is 448 g/mol. The fraction of sp³-hybridized carbons (Fsp3) is 0.174. The Kier molecular flexibility index (Phi) is 5.53. The third-order valence-corrected chi connectivity index (χ3v) is 5.26. The van der Waals surface area contributed by atoms with Gasteiger partial charge in [0.15, 0.2) is 19.2 Å². The molecule has 34 heavy (non-hydrogen) atoms. The lowest BCUT2D eigenvalue weighted by molar-refractivity contribution is -0.144. The van der Waals surface area contributed by atoms with Gasteiger partial charge >= 0.3 is 11.9 Å². The van der Waals surface area contributed by atoms with Gasteiger partial charge in [-0.2, -0.15) is 0 Å². The molecule has 0 aromatic heterocycles. The average Bonchev–Trinajstić information content (AvgIpc) is 3.19. The zero-order valence-electron chi connectivity index (χ0n) is 17.9. The Hall–Kier alpha value is -4.67. The zero-order valence-corrected chi connectivity index (χ0v) is 17.9. The minimum absolute atomic E-state index is 0.0250. The van der Waals surface area contributed by atoms with Gasteiger partial charge in [-0.3, -0.25) is 33.6 Å². The van der Waals surface area contributed by atoms with E-state index in [-0.39, 0.29) is 33.4 Å². The molecule has 0 aliphatic carbocycles. The van der Waals surface area contributed by atoms with E-state index in [1.807, 2.05) is 0 Å². The maximum atomic E-state index is 13.1. The summed E-state index contributed by atoms with van der Waals surface area (Å²) in [6.07, 6.45) is 0. The van der Waals surface area contributed by atoms with Crippen molar-refractivity contribution < 1.29 is 43.0 Å². The van der Waals surface area contributed by atoms with Crippen molar-refractivity contribution in [2.45, 2.75) is 13.8 Å². The molecule has 2 aliphatic heterocycles. The smallest absolute Gasteiger partial charge is 0.304 e. The number of nitrogens with zero attached hydrogens (tertiary/aromatic N) is 2. The van der Waals surface area contributed by atoms with Crippen molar-refractivity contribution in [1.82, 2.24) is 9.80 Å². The van der Waals surface area contributed by atoms with Crippen LogP contribution in [0.3, 0.4) is 0 Å². The van der Waals surface area contributed by atoms with Crippen LogP contribution in [0.15, 0.2) is 36.4 Å². The second kappa shape index (κ2) is 8.35. The zero-order chi connectivity index (χ0) is 24.7. The Morgan fingerprint density at radius 1 is 0.618 bits per heavy atom. The Labute approximate surface area is 191 Å². The number of hydrogen-bond donors (Lipinski definition) is 0. The summed E-state index contributed by atoms with van der Waals surface area (Å²) < 4.78 is 9.47. The molecule has 2 aliphatic rings. The van der Waals surface area contributed by atoms with Crippen LogP contribution in [-0.4, -0.2) is 64.6 Å². The van der Waals surface area contributed by atoms with Crippen LogP contribution in [0.5, 0.6) is 0 Å². The average molecular weight is 464 g/mol. The number of esters is 2. The number of hydrogen-bond acceptors (Lipinski definition) is 9. The van der Waals surface area contributed by atoms with Gasteiger partial charge < -0.3 is 9.47 Å². The maximum Gasteiger partial charge on any atom is 0.304 e. The second-order valence-corrected chi connectivity index (χ2v) is 7.46. The number of ketones is 1. The highest BCUT2D eigenvalue weighted by Crippen LogP contribution is 2.27. The quantitative estimate of drug-likeness (QED) is 0.349. The number of fused-ring (bicyclic) bond motifs is 2. The van der Waals surface area contributed by atoms with E-state index in [1.54, 1.807) is 0 Å². The van der Waals surface area contributed by atoms with Crippen LogP contribution in [0.1, 0.15) is 71.2 Å². The topological polar surface area (TPSA) is 144 Å². The number of rotatable bonds is 6. The molecule has 4 amide bonds. The van der Waals surface area contributed by atoms with Crippen LogP contribution < -0.4 is 0 Å². The molecule has 0 spiro atoms. The van der Waals surface area contributed by atoms with Crippen molar-refractivity contribution in [3.8, 4) is 0 Å². The highest BCUT2D eigenvalue weighted by atomic mass is 16.5. The molecule has 11 heteroatoms. The van der Waals surface area contributed by atoms with E-state index in [2.05, 4.69) is 0 Å². The molecule has 0 atom stereocenters. The van der Waals surface area contributed by atoms with Crippen molar-refractivity contribution in [2.24, 2.45) is 0 Å². The summed E-state index contributed by atoms with van der Waals surface area (Å²) in [4.78, 5) is 86.6. The molecule has 172 valence electrons. The predicted molar refractivity (Wildman–Crippen MR) is 111 cm³/mol. The van der Waals surface area contributed by atoms with E-state index >= 15 is 0 Å². The maximum absolute atomic E-state index is 13.1. The second-order valence-electron chi connectivity index (χ2n) is 7.46. The van der Waals surface area contributed by atoms with Crippen molar-refractivity contribution in [1.29, 1.82) is 0 Å². The van der Waals surface area contributed by atoms with Gasteiger partial charge in [-0.15, -0.1) is 0 Å². The molecule has 2 aromatic rings. The van der Waals surface area contributed by atoms with E-state index < -0.39 is 54.8 Å². The molecular formula is C23H16N2O9. The summed E-state index contributed by atoms with van der Waals surface area (Å²) in [7, 11) is 0. The largest absolute Gasteiger partial charge is 0.444 e. The van der Waals surface area contributed by atoms with E-state index in [0.29, 0.717) is 0 Å². The Morgan fingerprint density at radius 2 is 0.971 bits per heavy atom. The summed E-state index contributed by atoms with van der Waals surface area (Å²) in [6, 6.07) is 7.85. The summed E-state index contributed by atoms with van der Waals surface area (Å²) in [5.41, 5.74) is 0.213. The first-order valence-corrected chi connectivity index (χ1v) is 9.92. The summed E-state index contributed by atoms with van der Waals surface area (Å²) in [5.74, 6) is -4.63. The fourth-order valence-electron chi connectivity index (χ4n) is 3.58. The van der Waals surface area contributed by atoms with Crippen molar-refractivity contribution in [2.75, 3.05) is 13.5 Å². The Morgan fingerprint density at radius 3 is 1.32 bits per heavy atom. The number of carbonyl (C=O) groups is 7. The van der Waals surface area contributed by atoms with Gasteiger partial charge in [0.1, 0.15) is 0 Å². The van der Waals surface area contributed by atoms with E-state index in [9.17, 15) is 33.6 Å². The van der Waals surface area contributed by atoms with E-state index in [1.165, 1.54) is 36.4 Å². The van der Waals surface area contributed by atoms with Crippen LogP contribution in [-0.2, 0) is 19.1 Å². The number of amides is 4. The van der Waals surface area contributed by atoms with Crippen molar-refractivity contribution in [3.05, 3.63) is 69.8 Å². The van der Waals surface area contributed by atoms with Crippen molar-refractivity contribution in [3.63, 3.8) is 0 Å². The molecule has 2 heterocycles. The first-order chi connectivity index (χ1) is 16.1. The number of ether oxygens (including phenoxy) is 2. The van der Waals surface area contributed by atoms with Gasteiger partial charge in [0.2, 0.25) is 0 Å². The molecule has 4 rings (SSSR count). The van der Waals surface area contributed by atoms with E-state index in [0.717, 1.165) is 23.6 Å². The first-order valence-electron chi connectivity index (χ1n) is 9.92. The molecule has 0 N–H and O–H groups in total. The van der Waals surface area contributed by atoms with Gasteiger partial charge in [-0.25, -0.2) is 9.80 Å². The molecule has 0 bridgehead atoms. The van der Waals surface area contributed by atoms with Crippen LogP contribution in [0.4, 0.5) is 0 Å². The van der Waals surface area contributed by atoms with Crippen molar-refractivity contribution >= 4 is 41.4 Å². The highest BCUT2D eigenvalue weighted by Gasteiger charge is 2.38. The number of carbonyl (C=O) groups excluding carboxylic acids is 7. The van der Waals surface area contributed by atoms with Crippen LogP contribution in [0.25, 0.3) is 0 Å². The summed E-state index contributed by atoms with van der Waals surface area (Å²) in [5, 5.41) is 0. The van der Waals surface area contributed by atoms with Gasteiger partial charge in [0.25, 0.3) is 23.6 Å². The summed E-state index contributed by atoms with van der Waals surface area (Å²) in [6.45, 7) is 1.18. The first kappa shape index (κ1) is 22.5.